The normalized spacial score (nSPS) is 10.8. The third-order valence-corrected chi connectivity index (χ3v) is 1.77. The SMILES string of the molecule is CC(C)c1ccc(CN)nc1F. The van der Waals surface area contributed by atoms with Crippen molar-refractivity contribution in [1.82, 2.24) is 4.98 Å². The summed E-state index contributed by atoms with van der Waals surface area (Å²) < 4.78 is 13.1. The van der Waals surface area contributed by atoms with Crippen molar-refractivity contribution in [2.45, 2.75) is 26.3 Å². The Morgan fingerprint density at radius 3 is 2.58 bits per heavy atom. The van der Waals surface area contributed by atoms with Crippen LogP contribution in [0.2, 0.25) is 0 Å². The first-order valence-electron chi connectivity index (χ1n) is 4.00. The van der Waals surface area contributed by atoms with Crippen LogP contribution in [-0.2, 0) is 6.54 Å². The van der Waals surface area contributed by atoms with Crippen molar-refractivity contribution < 1.29 is 4.39 Å². The van der Waals surface area contributed by atoms with E-state index < -0.39 is 5.95 Å². The van der Waals surface area contributed by atoms with Crippen LogP contribution in [0.1, 0.15) is 31.0 Å². The third-order valence-electron chi connectivity index (χ3n) is 1.77. The summed E-state index contributed by atoms with van der Waals surface area (Å²) in [5, 5.41) is 0. The highest BCUT2D eigenvalue weighted by atomic mass is 19.1. The summed E-state index contributed by atoms with van der Waals surface area (Å²) in [5.41, 5.74) is 6.56. The number of hydrogen-bond acceptors (Lipinski definition) is 2. The minimum atomic E-state index is -0.395. The number of rotatable bonds is 2. The van der Waals surface area contributed by atoms with Crippen LogP contribution >= 0.6 is 0 Å². The maximum absolute atomic E-state index is 13.1. The number of hydrogen-bond donors (Lipinski definition) is 1. The van der Waals surface area contributed by atoms with Gasteiger partial charge in [-0.15, -0.1) is 0 Å². The van der Waals surface area contributed by atoms with Gasteiger partial charge in [-0.3, -0.25) is 0 Å². The van der Waals surface area contributed by atoms with Gasteiger partial charge in [0.1, 0.15) is 0 Å². The molecule has 0 spiro atoms. The summed E-state index contributed by atoms with van der Waals surface area (Å²) in [6.07, 6.45) is 0. The van der Waals surface area contributed by atoms with Crippen molar-refractivity contribution in [3.8, 4) is 0 Å². The molecule has 0 atom stereocenters. The lowest BCUT2D eigenvalue weighted by Gasteiger charge is -2.06. The lowest BCUT2D eigenvalue weighted by molar-refractivity contribution is 0.550. The molecule has 0 aromatic carbocycles. The average Bonchev–Trinajstić information content (AvgIpc) is 2.03. The van der Waals surface area contributed by atoms with Crippen LogP contribution < -0.4 is 5.73 Å². The van der Waals surface area contributed by atoms with E-state index in [4.69, 9.17) is 5.73 Å². The van der Waals surface area contributed by atoms with Gasteiger partial charge in [0.2, 0.25) is 5.95 Å². The van der Waals surface area contributed by atoms with Crippen LogP contribution in [-0.4, -0.2) is 4.98 Å². The van der Waals surface area contributed by atoms with Gasteiger partial charge >= 0.3 is 0 Å². The molecule has 2 nitrogen and oxygen atoms in total. The number of aromatic nitrogens is 1. The molecule has 1 rings (SSSR count). The average molecular weight is 168 g/mol. The van der Waals surface area contributed by atoms with Crippen molar-refractivity contribution in [3.63, 3.8) is 0 Å². The number of nitrogens with two attached hydrogens (primary N) is 1. The van der Waals surface area contributed by atoms with Gasteiger partial charge in [-0.25, -0.2) is 4.98 Å². The smallest absolute Gasteiger partial charge is 0.216 e. The Balaban J connectivity index is 3.03. The zero-order valence-corrected chi connectivity index (χ0v) is 7.34. The van der Waals surface area contributed by atoms with Crippen LogP contribution in [0.25, 0.3) is 0 Å². The quantitative estimate of drug-likeness (QED) is 0.684. The van der Waals surface area contributed by atoms with Gasteiger partial charge in [-0.1, -0.05) is 19.9 Å². The van der Waals surface area contributed by atoms with Crippen molar-refractivity contribution in [1.29, 1.82) is 0 Å². The van der Waals surface area contributed by atoms with E-state index in [9.17, 15) is 4.39 Å². The molecular formula is C9H13FN2. The van der Waals surface area contributed by atoms with Gasteiger partial charge in [0.25, 0.3) is 0 Å². The third kappa shape index (κ3) is 1.80. The summed E-state index contributed by atoms with van der Waals surface area (Å²) in [6.45, 7) is 4.15. The van der Waals surface area contributed by atoms with Crippen LogP contribution in [0.5, 0.6) is 0 Å². The standard InChI is InChI=1S/C9H13FN2/c1-6(2)8-4-3-7(5-11)12-9(8)10/h3-4,6H,5,11H2,1-2H3. The zero-order chi connectivity index (χ0) is 9.14. The van der Waals surface area contributed by atoms with Gasteiger partial charge in [-0.2, -0.15) is 4.39 Å². The molecule has 0 aliphatic rings. The second-order valence-corrected chi connectivity index (χ2v) is 3.04. The minimum absolute atomic E-state index is 0.171. The Bertz CT molecular complexity index is 271. The predicted molar refractivity (Wildman–Crippen MR) is 46.2 cm³/mol. The van der Waals surface area contributed by atoms with E-state index in [0.717, 1.165) is 0 Å². The van der Waals surface area contributed by atoms with E-state index in [1.54, 1.807) is 12.1 Å². The van der Waals surface area contributed by atoms with E-state index in [1.165, 1.54) is 0 Å². The monoisotopic (exact) mass is 168 g/mol. The summed E-state index contributed by atoms with van der Waals surface area (Å²) in [6, 6.07) is 3.51. The predicted octanol–water partition coefficient (Wildman–Crippen LogP) is 1.80. The van der Waals surface area contributed by atoms with Crippen molar-refractivity contribution in [2.75, 3.05) is 0 Å². The first-order valence-corrected chi connectivity index (χ1v) is 4.00. The van der Waals surface area contributed by atoms with E-state index in [2.05, 4.69) is 4.98 Å². The molecule has 1 heterocycles. The highest BCUT2D eigenvalue weighted by molar-refractivity contribution is 5.18. The molecule has 0 unspecified atom stereocenters. The van der Waals surface area contributed by atoms with Crippen LogP contribution in [0.3, 0.4) is 0 Å². The van der Waals surface area contributed by atoms with E-state index in [1.807, 2.05) is 13.8 Å². The molecule has 0 saturated heterocycles. The molecule has 0 bridgehead atoms. The molecule has 0 aliphatic heterocycles. The molecule has 12 heavy (non-hydrogen) atoms. The molecule has 1 aromatic rings. The highest BCUT2D eigenvalue weighted by Gasteiger charge is 2.07. The second kappa shape index (κ2) is 3.63. The van der Waals surface area contributed by atoms with Crippen molar-refractivity contribution >= 4 is 0 Å². The number of pyridine rings is 1. The first-order chi connectivity index (χ1) is 5.65. The fourth-order valence-electron chi connectivity index (χ4n) is 1.03. The molecule has 0 radical (unpaired) electrons. The molecule has 2 N–H and O–H groups in total. The molecule has 1 aromatic heterocycles. The molecule has 3 heteroatoms. The number of nitrogens with zero attached hydrogens (tertiary/aromatic N) is 1. The fraction of sp³-hybridized carbons (Fsp3) is 0.444. The number of halogens is 1. The van der Waals surface area contributed by atoms with Crippen LogP contribution in [0.4, 0.5) is 4.39 Å². The van der Waals surface area contributed by atoms with Crippen LogP contribution in [0.15, 0.2) is 12.1 Å². The summed E-state index contributed by atoms with van der Waals surface area (Å²) >= 11 is 0. The largest absolute Gasteiger partial charge is 0.325 e. The van der Waals surface area contributed by atoms with E-state index in [0.29, 0.717) is 11.3 Å². The van der Waals surface area contributed by atoms with Crippen molar-refractivity contribution in [3.05, 3.63) is 29.3 Å². The summed E-state index contributed by atoms with van der Waals surface area (Å²) in [7, 11) is 0. The Kier molecular flexibility index (Phi) is 2.76. The van der Waals surface area contributed by atoms with E-state index in [-0.39, 0.29) is 12.5 Å². The topological polar surface area (TPSA) is 38.9 Å². The van der Waals surface area contributed by atoms with Gasteiger partial charge in [0.05, 0.1) is 5.69 Å². The summed E-state index contributed by atoms with van der Waals surface area (Å²) in [5.74, 6) is -0.225. The van der Waals surface area contributed by atoms with Crippen molar-refractivity contribution in [2.24, 2.45) is 5.73 Å². The molecule has 0 aliphatic carbocycles. The molecule has 0 amide bonds. The second-order valence-electron chi connectivity index (χ2n) is 3.04. The zero-order valence-electron chi connectivity index (χ0n) is 7.34. The van der Waals surface area contributed by atoms with Crippen LogP contribution in [0, 0.1) is 5.95 Å². The van der Waals surface area contributed by atoms with Gasteiger partial charge in [0.15, 0.2) is 0 Å². The maximum Gasteiger partial charge on any atom is 0.216 e. The lowest BCUT2D eigenvalue weighted by Crippen LogP contribution is -2.04. The maximum atomic E-state index is 13.1. The van der Waals surface area contributed by atoms with E-state index >= 15 is 0 Å². The van der Waals surface area contributed by atoms with Gasteiger partial charge in [0, 0.05) is 12.1 Å². The highest BCUT2D eigenvalue weighted by Crippen LogP contribution is 2.16. The molecule has 0 saturated carbocycles. The Labute approximate surface area is 71.6 Å². The first kappa shape index (κ1) is 9.13. The minimum Gasteiger partial charge on any atom is -0.325 e. The fourth-order valence-corrected chi connectivity index (χ4v) is 1.03. The molecule has 0 fully saturated rings. The Morgan fingerprint density at radius 1 is 1.50 bits per heavy atom. The molecule has 66 valence electrons. The molecular weight excluding hydrogens is 155 g/mol. The Hall–Kier alpha value is -0.960. The van der Waals surface area contributed by atoms with Gasteiger partial charge < -0.3 is 5.73 Å². The summed E-state index contributed by atoms with van der Waals surface area (Å²) in [4.78, 5) is 3.72. The van der Waals surface area contributed by atoms with Gasteiger partial charge in [-0.05, 0) is 12.0 Å². The lowest BCUT2D eigenvalue weighted by atomic mass is 10.1. The Morgan fingerprint density at radius 2 is 2.17 bits per heavy atom.